The third-order valence-corrected chi connectivity index (χ3v) is 4.51. The minimum Gasteiger partial charge on any atom is -0.493 e. The molecule has 156 valence electrons. The van der Waals surface area contributed by atoms with Crippen LogP contribution in [0.25, 0.3) is 0 Å². The van der Waals surface area contributed by atoms with Gasteiger partial charge >= 0.3 is 0 Å². The first-order chi connectivity index (χ1) is 14.7. The molecule has 0 saturated heterocycles. The molecule has 5 nitrogen and oxygen atoms in total. The van der Waals surface area contributed by atoms with E-state index in [0.717, 1.165) is 17.5 Å². The molecule has 3 aromatic rings. The lowest BCUT2D eigenvalue weighted by atomic mass is 10.1. The van der Waals surface area contributed by atoms with Gasteiger partial charge in [0.2, 0.25) is 0 Å². The smallest absolute Gasteiger partial charge is 0.255 e. The van der Waals surface area contributed by atoms with Crippen molar-refractivity contribution in [3.05, 3.63) is 89.5 Å². The van der Waals surface area contributed by atoms with Gasteiger partial charge in [-0.15, -0.1) is 0 Å². The van der Waals surface area contributed by atoms with E-state index in [9.17, 15) is 4.79 Å². The zero-order chi connectivity index (χ0) is 21.2. The molecule has 0 saturated carbocycles. The number of hydrogen-bond acceptors (Lipinski definition) is 4. The van der Waals surface area contributed by atoms with Gasteiger partial charge in [-0.25, -0.2) is 0 Å². The predicted octanol–water partition coefficient (Wildman–Crippen LogP) is 4.99. The van der Waals surface area contributed by atoms with E-state index in [2.05, 4.69) is 12.2 Å². The average Bonchev–Trinajstić information content (AvgIpc) is 2.81. The molecule has 3 rings (SSSR count). The quantitative estimate of drug-likeness (QED) is 0.516. The Kier molecular flexibility index (Phi) is 7.72. The molecule has 0 fully saturated rings. The second-order valence-corrected chi connectivity index (χ2v) is 6.79. The molecule has 0 aliphatic heterocycles. The Morgan fingerprint density at radius 2 is 1.60 bits per heavy atom. The van der Waals surface area contributed by atoms with Crippen molar-refractivity contribution in [2.45, 2.75) is 26.5 Å². The Balaban J connectivity index is 1.64. The van der Waals surface area contributed by atoms with Crippen molar-refractivity contribution in [3.63, 3.8) is 0 Å². The number of amides is 1. The molecule has 0 radical (unpaired) electrons. The van der Waals surface area contributed by atoms with Gasteiger partial charge in [-0.2, -0.15) is 0 Å². The second-order valence-electron chi connectivity index (χ2n) is 6.79. The molecule has 0 atom stereocenters. The van der Waals surface area contributed by atoms with E-state index < -0.39 is 0 Å². The van der Waals surface area contributed by atoms with E-state index in [0.29, 0.717) is 42.6 Å². The highest BCUT2D eigenvalue weighted by molar-refractivity contribution is 5.96. The Morgan fingerprint density at radius 3 is 2.37 bits per heavy atom. The Hall–Kier alpha value is -3.47. The topological polar surface area (TPSA) is 56.8 Å². The van der Waals surface area contributed by atoms with Gasteiger partial charge in [0.15, 0.2) is 11.5 Å². The SMILES string of the molecule is CCCOc1ccc(CNC(=O)c2ccccc2OCc2ccccc2)cc1OC. The third-order valence-electron chi connectivity index (χ3n) is 4.51. The number of carbonyl (C=O) groups excluding carboxylic acids is 1. The van der Waals surface area contributed by atoms with Gasteiger partial charge in [0, 0.05) is 6.54 Å². The predicted molar refractivity (Wildman–Crippen MR) is 117 cm³/mol. The molecule has 1 amide bonds. The molecule has 0 aromatic heterocycles. The molecule has 0 aliphatic carbocycles. The fourth-order valence-electron chi connectivity index (χ4n) is 2.95. The monoisotopic (exact) mass is 405 g/mol. The lowest BCUT2D eigenvalue weighted by molar-refractivity contribution is 0.0946. The maximum Gasteiger partial charge on any atom is 0.255 e. The molecule has 0 bridgehead atoms. The van der Waals surface area contributed by atoms with Crippen molar-refractivity contribution in [3.8, 4) is 17.2 Å². The third kappa shape index (κ3) is 5.77. The van der Waals surface area contributed by atoms with Crippen LogP contribution in [0.15, 0.2) is 72.8 Å². The van der Waals surface area contributed by atoms with Crippen LogP contribution in [-0.2, 0) is 13.2 Å². The van der Waals surface area contributed by atoms with Gasteiger partial charge in [-0.1, -0.05) is 55.5 Å². The van der Waals surface area contributed by atoms with Crippen LogP contribution in [0, 0.1) is 0 Å². The van der Waals surface area contributed by atoms with E-state index in [4.69, 9.17) is 14.2 Å². The standard InChI is InChI=1S/C25H27NO4/c1-3-15-29-23-14-13-20(16-24(23)28-2)17-26-25(27)21-11-7-8-12-22(21)30-18-19-9-5-4-6-10-19/h4-14,16H,3,15,17-18H2,1-2H3,(H,26,27). The molecule has 1 N–H and O–H groups in total. The summed E-state index contributed by atoms with van der Waals surface area (Å²) in [6.07, 6.45) is 0.923. The summed E-state index contributed by atoms with van der Waals surface area (Å²) < 4.78 is 17.0. The molecule has 5 heteroatoms. The second kappa shape index (κ2) is 10.9. The van der Waals surface area contributed by atoms with Gasteiger partial charge in [0.25, 0.3) is 5.91 Å². The normalized spacial score (nSPS) is 10.3. The fraction of sp³-hybridized carbons (Fsp3) is 0.240. The molecular weight excluding hydrogens is 378 g/mol. The van der Waals surface area contributed by atoms with Gasteiger partial charge < -0.3 is 19.5 Å². The molecule has 30 heavy (non-hydrogen) atoms. The van der Waals surface area contributed by atoms with Crippen LogP contribution in [0.4, 0.5) is 0 Å². The lowest BCUT2D eigenvalue weighted by Gasteiger charge is -2.13. The first-order valence-corrected chi connectivity index (χ1v) is 10.0. The van der Waals surface area contributed by atoms with Crippen LogP contribution in [0.1, 0.15) is 34.8 Å². The zero-order valence-electron chi connectivity index (χ0n) is 17.4. The number of benzene rings is 3. The highest BCUT2D eigenvalue weighted by Crippen LogP contribution is 2.28. The van der Waals surface area contributed by atoms with Crippen molar-refractivity contribution in [1.29, 1.82) is 0 Å². The van der Waals surface area contributed by atoms with E-state index in [1.54, 1.807) is 19.2 Å². The minimum absolute atomic E-state index is 0.191. The summed E-state index contributed by atoms with van der Waals surface area (Å²) in [4.78, 5) is 12.8. The van der Waals surface area contributed by atoms with Gasteiger partial charge in [0.05, 0.1) is 19.3 Å². The summed E-state index contributed by atoms with van der Waals surface area (Å²) in [6.45, 7) is 3.46. The van der Waals surface area contributed by atoms with Crippen LogP contribution in [0.3, 0.4) is 0 Å². The maximum absolute atomic E-state index is 12.8. The molecular formula is C25H27NO4. The van der Waals surface area contributed by atoms with Crippen LogP contribution >= 0.6 is 0 Å². The van der Waals surface area contributed by atoms with Crippen molar-refractivity contribution < 1.29 is 19.0 Å². The summed E-state index contributed by atoms with van der Waals surface area (Å²) in [7, 11) is 1.61. The molecule has 0 unspecified atom stereocenters. The first-order valence-electron chi connectivity index (χ1n) is 10.0. The van der Waals surface area contributed by atoms with E-state index in [1.165, 1.54) is 0 Å². The van der Waals surface area contributed by atoms with Gasteiger partial charge in [-0.05, 0) is 41.8 Å². The molecule has 3 aromatic carbocycles. The number of para-hydroxylation sites is 1. The number of carbonyl (C=O) groups is 1. The van der Waals surface area contributed by atoms with Crippen molar-refractivity contribution in [1.82, 2.24) is 5.32 Å². The van der Waals surface area contributed by atoms with E-state index >= 15 is 0 Å². The van der Waals surface area contributed by atoms with Crippen LogP contribution in [0.5, 0.6) is 17.2 Å². The Labute approximate surface area is 177 Å². The van der Waals surface area contributed by atoms with Crippen LogP contribution in [-0.4, -0.2) is 19.6 Å². The summed E-state index contributed by atoms with van der Waals surface area (Å²) >= 11 is 0. The molecule has 0 spiro atoms. The fourth-order valence-corrected chi connectivity index (χ4v) is 2.95. The molecule has 0 aliphatic rings. The van der Waals surface area contributed by atoms with Crippen molar-refractivity contribution >= 4 is 5.91 Å². The lowest BCUT2D eigenvalue weighted by Crippen LogP contribution is -2.23. The van der Waals surface area contributed by atoms with E-state index in [-0.39, 0.29) is 5.91 Å². The van der Waals surface area contributed by atoms with Crippen molar-refractivity contribution in [2.24, 2.45) is 0 Å². The number of ether oxygens (including phenoxy) is 3. The van der Waals surface area contributed by atoms with Crippen LogP contribution in [0.2, 0.25) is 0 Å². The van der Waals surface area contributed by atoms with Crippen LogP contribution < -0.4 is 19.5 Å². The Morgan fingerprint density at radius 1 is 0.833 bits per heavy atom. The van der Waals surface area contributed by atoms with Crippen molar-refractivity contribution in [2.75, 3.05) is 13.7 Å². The highest BCUT2D eigenvalue weighted by Gasteiger charge is 2.13. The Bertz CT molecular complexity index is 956. The van der Waals surface area contributed by atoms with Gasteiger partial charge in [-0.3, -0.25) is 4.79 Å². The summed E-state index contributed by atoms with van der Waals surface area (Å²) in [5.74, 6) is 1.72. The van der Waals surface area contributed by atoms with E-state index in [1.807, 2.05) is 60.7 Å². The highest BCUT2D eigenvalue weighted by atomic mass is 16.5. The number of hydrogen-bond donors (Lipinski definition) is 1. The maximum atomic E-state index is 12.8. The average molecular weight is 405 g/mol. The number of methoxy groups -OCH3 is 1. The number of rotatable bonds is 10. The van der Waals surface area contributed by atoms with Gasteiger partial charge in [0.1, 0.15) is 12.4 Å². The largest absolute Gasteiger partial charge is 0.493 e. The number of nitrogens with one attached hydrogen (secondary N) is 1. The zero-order valence-corrected chi connectivity index (χ0v) is 17.4. The minimum atomic E-state index is -0.191. The molecule has 0 heterocycles. The summed E-state index contributed by atoms with van der Waals surface area (Å²) in [5.41, 5.74) is 2.47. The first kappa shape index (κ1) is 21.2. The summed E-state index contributed by atoms with van der Waals surface area (Å²) in [6, 6.07) is 22.8. The summed E-state index contributed by atoms with van der Waals surface area (Å²) in [5, 5.41) is 2.95.